The van der Waals surface area contributed by atoms with Crippen LogP contribution in [0.2, 0.25) is 0 Å². The molecule has 0 unspecified atom stereocenters. The minimum atomic E-state index is -0.251. The highest BCUT2D eigenvalue weighted by molar-refractivity contribution is 5.68. The third-order valence-electron chi connectivity index (χ3n) is 4.11. The summed E-state index contributed by atoms with van der Waals surface area (Å²) in [6.07, 6.45) is 3.36. The van der Waals surface area contributed by atoms with E-state index in [0.29, 0.717) is 26.3 Å². The summed E-state index contributed by atoms with van der Waals surface area (Å²) in [7, 11) is 0. The molecule has 0 radical (unpaired) electrons. The molecule has 0 aliphatic rings. The number of carbonyl (C=O) groups excluding carboxylic acids is 2. The van der Waals surface area contributed by atoms with E-state index in [0.717, 1.165) is 25.7 Å². The molecule has 2 amide bonds. The van der Waals surface area contributed by atoms with E-state index in [-0.39, 0.29) is 23.3 Å². The Bertz CT molecular complexity index is 385. The molecule has 0 bridgehead atoms. The summed E-state index contributed by atoms with van der Waals surface area (Å²) in [5.74, 6) is 0. The first-order valence-electron chi connectivity index (χ1n) is 9.83. The minimum absolute atomic E-state index is 0.249. The van der Waals surface area contributed by atoms with Crippen LogP contribution in [0.3, 0.4) is 0 Å². The average Bonchev–Trinajstić information content (AvgIpc) is 2.47. The van der Waals surface area contributed by atoms with Gasteiger partial charge in [0.2, 0.25) is 0 Å². The van der Waals surface area contributed by atoms with Crippen LogP contribution >= 0.6 is 0 Å². The monoisotopic (exact) mass is 372 g/mol. The van der Waals surface area contributed by atoms with Crippen LogP contribution in [0.4, 0.5) is 9.59 Å². The van der Waals surface area contributed by atoms with E-state index in [1.54, 1.807) is 9.80 Å². The first kappa shape index (κ1) is 24.5. The number of nitrogens with zero attached hydrogens (tertiary/aromatic N) is 2. The summed E-state index contributed by atoms with van der Waals surface area (Å²) in [4.78, 5) is 27.8. The molecule has 0 N–H and O–H groups in total. The highest BCUT2D eigenvalue weighted by Crippen LogP contribution is 2.18. The van der Waals surface area contributed by atoms with Crippen molar-refractivity contribution in [2.75, 3.05) is 26.3 Å². The molecular formula is C20H40N2O4. The Labute approximate surface area is 160 Å². The normalized spacial score (nSPS) is 11.8. The summed E-state index contributed by atoms with van der Waals surface area (Å²) in [6, 6.07) is 0. The number of ether oxygens (including phenoxy) is 2. The second-order valence-corrected chi connectivity index (χ2v) is 8.46. The van der Waals surface area contributed by atoms with Crippen molar-refractivity contribution in [1.82, 2.24) is 9.80 Å². The molecule has 0 aliphatic carbocycles. The summed E-state index contributed by atoms with van der Waals surface area (Å²) in [5, 5.41) is 0. The first-order chi connectivity index (χ1) is 11.9. The molecule has 154 valence electrons. The number of carbonyl (C=O) groups is 2. The van der Waals surface area contributed by atoms with Crippen LogP contribution in [0.25, 0.3) is 0 Å². The number of amides is 2. The number of unbranched alkanes of at least 4 members (excludes halogenated alkanes) is 3. The van der Waals surface area contributed by atoms with E-state index in [4.69, 9.17) is 9.47 Å². The van der Waals surface area contributed by atoms with Crippen LogP contribution in [0.15, 0.2) is 0 Å². The van der Waals surface area contributed by atoms with Crippen molar-refractivity contribution in [1.29, 1.82) is 0 Å². The quantitative estimate of drug-likeness (QED) is 0.531. The second kappa shape index (κ2) is 11.3. The van der Waals surface area contributed by atoms with Gasteiger partial charge < -0.3 is 19.3 Å². The molecule has 0 atom stereocenters. The van der Waals surface area contributed by atoms with Gasteiger partial charge in [0.05, 0.1) is 13.2 Å². The third-order valence-corrected chi connectivity index (χ3v) is 4.11. The lowest BCUT2D eigenvalue weighted by molar-refractivity contribution is 0.0672. The zero-order valence-corrected chi connectivity index (χ0v) is 18.2. The molecule has 0 spiro atoms. The van der Waals surface area contributed by atoms with E-state index in [2.05, 4.69) is 0 Å². The molecule has 0 rings (SSSR count). The molecule has 0 saturated carbocycles. The van der Waals surface area contributed by atoms with Crippen LogP contribution in [0, 0.1) is 0 Å². The van der Waals surface area contributed by atoms with Gasteiger partial charge in [-0.3, -0.25) is 0 Å². The summed E-state index contributed by atoms with van der Waals surface area (Å²) in [6.45, 7) is 17.9. The maximum absolute atomic E-state index is 12.1. The topological polar surface area (TPSA) is 59.1 Å². The van der Waals surface area contributed by atoms with Gasteiger partial charge in [0.15, 0.2) is 0 Å². The van der Waals surface area contributed by atoms with E-state index in [1.165, 1.54) is 0 Å². The fraction of sp³-hybridized carbons (Fsp3) is 0.900. The number of rotatable bonds is 9. The van der Waals surface area contributed by atoms with Crippen LogP contribution in [-0.2, 0) is 9.47 Å². The van der Waals surface area contributed by atoms with Crippen LogP contribution in [0.5, 0.6) is 0 Å². The van der Waals surface area contributed by atoms with Crippen molar-refractivity contribution < 1.29 is 19.1 Å². The molecule has 0 aliphatic heterocycles. The highest BCUT2D eigenvalue weighted by atomic mass is 16.6. The van der Waals surface area contributed by atoms with Gasteiger partial charge in [0.1, 0.15) is 0 Å². The average molecular weight is 373 g/mol. The van der Waals surface area contributed by atoms with Crippen molar-refractivity contribution >= 4 is 12.2 Å². The lowest BCUT2D eigenvalue weighted by Gasteiger charge is -2.35. The second-order valence-electron chi connectivity index (χ2n) is 8.46. The summed E-state index contributed by atoms with van der Waals surface area (Å²) >= 11 is 0. The highest BCUT2D eigenvalue weighted by Gasteiger charge is 2.28. The first-order valence-corrected chi connectivity index (χ1v) is 9.83. The van der Waals surface area contributed by atoms with Crippen molar-refractivity contribution in [3.63, 3.8) is 0 Å². The fourth-order valence-corrected chi connectivity index (χ4v) is 2.70. The molecule has 0 heterocycles. The Hall–Kier alpha value is -1.46. The van der Waals surface area contributed by atoms with E-state index in [1.807, 2.05) is 55.4 Å². The third kappa shape index (κ3) is 9.30. The van der Waals surface area contributed by atoms with Crippen molar-refractivity contribution in [2.45, 2.75) is 92.2 Å². The maximum Gasteiger partial charge on any atom is 0.410 e. The Morgan fingerprint density at radius 3 is 1.19 bits per heavy atom. The van der Waals surface area contributed by atoms with Gasteiger partial charge >= 0.3 is 12.2 Å². The van der Waals surface area contributed by atoms with Crippen LogP contribution < -0.4 is 0 Å². The molecule has 0 aromatic rings. The molecule has 6 nitrogen and oxygen atoms in total. The fourth-order valence-electron chi connectivity index (χ4n) is 2.70. The SMILES string of the molecule is CCOC(=O)N(CCCCCCN(C(=O)OCC)C(C)(C)C)C(C)(C)C. The molecular weight excluding hydrogens is 332 g/mol. The van der Waals surface area contributed by atoms with Crippen molar-refractivity contribution in [2.24, 2.45) is 0 Å². The van der Waals surface area contributed by atoms with Crippen molar-refractivity contribution in [3.8, 4) is 0 Å². The zero-order chi connectivity index (χ0) is 20.4. The van der Waals surface area contributed by atoms with Crippen molar-refractivity contribution in [3.05, 3.63) is 0 Å². The molecule has 0 fully saturated rings. The van der Waals surface area contributed by atoms with Gasteiger partial charge in [-0.2, -0.15) is 0 Å². The van der Waals surface area contributed by atoms with E-state index in [9.17, 15) is 9.59 Å². The largest absolute Gasteiger partial charge is 0.450 e. The maximum atomic E-state index is 12.1. The Morgan fingerprint density at radius 1 is 0.654 bits per heavy atom. The Kier molecular flexibility index (Phi) is 10.7. The molecule has 6 heteroatoms. The Balaban J connectivity index is 4.34. The summed E-state index contributed by atoms with van der Waals surface area (Å²) in [5.41, 5.74) is -0.502. The zero-order valence-electron chi connectivity index (χ0n) is 18.2. The summed E-state index contributed by atoms with van der Waals surface area (Å²) < 4.78 is 10.3. The molecule has 0 aromatic carbocycles. The lowest BCUT2D eigenvalue weighted by atomic mass is 10.0. The van der Waals surface area contributed by atoms with Crippen LogP contribution in [0.1, 0.15) is 81.1 Å². The molecule has 0 saturated heterocycles. The van der Waals surface area contributed by atoms with Gasteiger partial charge in [-0.15, -0.1) is 0 Å². The van der Waals surface area contributed by atoms with Gasteiger partial charge in [-0.05, 0) is 68.2 Å². The Morgan fingerprint density at radius 2 is 0.962 bits per heavy atom. The molecule has 0 aromatic heterocycles. The smallest absolute Gasteiger partial charge is 0.410 e. The minimum Gasteiger partial charge on any atom is -0.450 e. The van der Waals surface area contributed by atoms with E-state index < -0.39 is 0 Å². The van der Waals surface area contributed by atoms with Gasteiger partial charge in [-0.1, -0.05) is 12.8 Å². The van der Waals surface area contributed by atoms with Crippen LogP contribution in [-0.4, -0.2) is 59.4 Å². The van der Waals surface area contributed by atoms with Gasteiger partial charge in [-0.25, -0.2) is 9.59 Å². The molecule has 26 heavy (non-hydrogen) atoms. The van der Waals surface area contributed by atoms with Gasteiger partial charge in [0.25, 0.3) is 0 Å². The predicted molar refractivity (Wildman–Crippen MR) is 105 cm³/mol. The number of hydrogen-bond acceptors (Lipinski definition) is 4. The standard InChI is InChI=1S/C20H40N2O4/c1-9-25-17(23)21(19(3,4)5)15-13-11-12-14-16-22(20(6,7)8)18(24)26-10-2/h9-16H2,1-8H3. The number of hydrogen-bond donors (Lipinski definition) is 0. The van der Waals surface area contributed by atoms with E-state index >= 15 is 0 Å². The van der Waals surface area contributed by atoms with Gasteiger partial charge in [0, 0.05) is 24.2 Å². The lowest BCUT2D eigenvalue weighted by Crippen LogP contribution is -2.46. The predicted octanol–water partition coefficient (Wildman–Crippen LogP) is 5.06.